The van der Waals surface area contributed by atoms with Gasteiger partial charge in [0.2, 0.25) is 0 Å². The topological polar surface area (TPSA) is 143 Å². The van der Waals surface area contributed by atoms with Gasteiger partial charge in [-0.2, -0.15) is 0 Å². The molecule has 0 aliphatic heterocycles. The number of aromatic nitrogens is 2. The number of amides is 2. The van der Waals surface area contributed by atoms with Crippen LogP contribution in [0.1, 0.15) is 34.8 Å². The highest BCUT2D eigenvalue weighted by Crippen LogP contribution is 1.96. The molecule has 0 aromatic carbocycles. The van der Waals surface area contributed by atoms with Crippen LogP contribution in [0, 0.1) is 0 Å². The monoisotopic (exact) mass is 342 g/mol. The molecule has 1 aromatic rings. The van der Waals surface area contributed by atoms with E-state index in [2.05, 4.69) is 20.6 Å². The second kappa shape index (κ2) is 10.6. The van der Waals surface area contributed by atoms with E-state index in [4.69, 9.17) is 19.7 Å². The average molecular weight is 342 g/mol. The van der Waals surface area contributed by atoms with Crippen LogP contribution in [0.25, 0.3) is 0 Å². The third-order valence-corrected chi connectivity index (χ3v) is 2.61. The van der Waals surface area contributed by atoms with Crippen molar-refractivity contribution in [1.29, 1.82) is 0 Å². The molecule has 0 bridgehead atoms. The maximum Gasteiger partial charge on any atom is 0.271 e. The normalized spacial score (nSPS) is 13.2. The highest BCUT2D eigenvalue weighted by molar-refractivity contribution is 5.94. The van der Waals surface area contributed by atoms with E-state index in [1.807, 2.05) is 0 Å². The number of carbonyl (C=O) groups excluding carboxylic acids is 2. The van der Waals surface area contributed by atoms with Gasteiger partial charge in [0.25, 0.3) is 11.8 Å². The Labute approximate surface area is 139 Å². The average Bonchev–Trinajstić information content (AvgIpc) is 2.55. The number of carbonyl (C=O) groups is 2. The van der Waals surface area contributed by atoms with E-state index in [0.29, 0.717) is 0 Å². The largest absolute Gasteiger partial charge is 0.368 e. The summed E-state index contributed by atoms with van der Waals surface area (Å²) in [5.41, 5.74) is 0.113. The van der Waals surface area contributed by atoms with Gasteiger partial charge in [-0.25, -0.2) is 9.97 Å². The zero-order chi connectivity index (χ0) is 17.9. The number of aliphatic hydroxyl groups is 2. The second-order valence-electron chi connectivity index (χ2n) is 4.74. The third kappa shape index (κ3) is 7.92. The molecule has 2 unspecified atom stereocenters. The van der Waals surface area contributed by atoms with Gasteiger partial charge in [-0.3, -0.25) is 9.59 Å². The Kier molecular flexibility index (Phi) is 8.79. The minimum Gasteiger partial charge on any atom is -0.368 e. The molecule has 10 nitrogen and oxygen atoms in total. The van der Waals surface area contributed by atoms with E-state index in [1.165, 1.54) is 26.2 Å². The number of hydrogen-bond donors (Lipinski definition) is 4. The quantitative estimate of drug-likeness (QED) is 0.302. The summed E-state index contributed by atoms with van der Waals surface area (Å²) in [7, 11) is 0. The molecule has 134 valence electrons. The van der Waals surface area contributed by atoms with Gasteiger partial charge in [-0.15, -0.1) is 0 Å². The summed E-state index contributed by atoms with van der Waals surface area (Å²) in [4.78, 5) is 31.3. The summed E-state index contributed by atoms with van der Waals surface area (Å²) in [5, 5.41) is 22.9. The number of ether oxygens (including phenoxy) is 2. The molecule has 0 aliphatic rings. The van der Waals surface area contributed by atoms with Gasteiger partial charge in [0, 0.05) is 13.1 Å². The Bertz CT molecular complexity index is 474. The van der Waals surface area contributed by atoms with E-state index in [0.717, 1.165) is 0 Å². The number of hydrogen-bond acceptors (Lipinski definition) is 8. The van der Waals surface area contributed by atoms with Crippen LogP contribution >= 0.6 is 0 Å². The molecule has 0 spiro atoms. The lowest BCUT2D eigenvalue weighted by Gasteiger charge is -2.08. The number of rotatable bonds is 10. The Morgan fingerprint density at radius 3 is 1.62 bits per heavy atom. The minimum atomic E-state index is -0.898. The van der Waals surface area contributed by atoms with Gasteiger partial charge in [0.05, 0.1) is 25.6 Å². The van der Waals surface area contributed by atoms with Gasteiger partial charge in [-0.05, 0) is 13.8 Å². The Hall–Kier alpha value is -2.14. The first-order chi connectivity index (χ1) is 11.4. The summed E-state index contributed by atoms with van der Waals surface area (Å²) in [6, 6.07) is 0. The smallest absolute Gasteiger partial charge is 0.271 e. The highest BCUT2D eigenvalue weighted by atomic mass is 16.6. The molecule has 2 atom stereocenters. The van der Waals surface area contributed by atoms with Crippen LogP contribution in [0.4, 0.5) is 0 Å². The van der Waals surface area contributed by atoms with Crippen LogP contribution in [-0.2, 0) is 9.47 Å². The van der Waals surface area contributed by atoms with E-state index in [-0.39, 0.29) is 37.7 Å². The molecular formula is C14H22N4O6. The second-order valence-corrected chi connectivity index (χ2v) is 4.74. The standard InChI is InChI=1S/C14H22N4O6/c1-9(19)23-5-3-15-13(21)11-7-18-12(8-17-11)14(22)16-4-6-24-10(2)20/h7-10,19-20H,3-6H2,1-2H3,(H,15,21)(H,16,22). The van der Waals surface area contributed by atoms with Crippen LogP contribution in [0.15, 0.2) is 12.4 Å². The lowest BCUT2D eigenvalue weighted by atomic mass is 10.3. The van der Waals surface area contributed by atoms with Crippen molar-refractivity contribution in [3.8, 4) is 0 Å². The predicted molar refractivity (Wildman–Crippen MR) is 82.0 cm³/mol. The van der Waals surface area contributed by atoms with E-state index >= 15 is 0 Å². The van der Waals surface area contributed by atoms with Gasteiger partial charge in [0.1, 0.15) is 11.4 Å². The molecule has 1 rings (SSSR count). The van der Waals surface area contributed by atoms with E-state index in [1.54, 1.807) is 0 Å². The van der Waals surface area contributed by atoms with Crippen LogP contribution in [0.3, 0.4) is 0 Å². The van der Waals surface area contributed by atoms with Gasteiger partial charge in [0.15, 0.2) is 12.6 Å². The van der Waals surface area contributed by atoms with Gasteiger partial charge < -0.3 is 30.3 Å². The summed E-state index contributed by atoms with van der Waals surface area (Å²) in [6.07, 6.45) is 0.578. The summed E-state index contributed by atoms with van der Waals surface area (Å²) in [5.74, 6) is -0.928. The number of aliphatic hydroxyl groups excluding tert-OH is 2. The zero-order valence-electron chi connectivity index (χ0n) is 13.6. The molecule has 4 N–H and O–H groups in total. The van der Waals surface area contributed by atoms with Crippen molar-refractivity contribution in [2.24, 2.45) is 0 Å². The lowest BCUT2D eigenvalue weighted by molar-refractivity contribution is -0.0835. The molecule has 0 fully saturated rings. The van der Waals surface area contributed by atoms with Gasteiger partial charge in [-0.1, -0.05) is 0 Å². The third-order valence-electron chi connectivity index (χ3n) is 2.61. The van der Waals surface area contributed by atoms with Crippen molar-refractivity contribution in [1.82, 2.24) is 20.6 Å². The molecule has 10 heteroatoms. The molecule has 2 amide bonds. The Morgan fingerprint density at radius 1 is 0.958 bits per heavy atom. The summed E-state index contributed by atoms with van der Waals surface area (Å²) >= 11 is 0. The Morgan fingerprint density at radius 2 is 1.33 bits per heavy atom. The van der Waals surface area contributed by atoms with Gasteiger partial charge >= 0.3 is 0 Å². The zero-order valence-corrected chi connectivity index (χ0v) is 13.6. The van der Waals surface area contributed by atoms with Crippen LogP contribution < -0.4 is 10.6 Å². The number of nitrogens with zero attached hydrogens (tertiary/aromatic N) is 2. The van der Waals surface area contributed by atoms with E-state index < -0.39 is 24.4 Å². The van der Waals surface area contributed by atoms with Crippen LogP contribution in [-0.4, -0.2) is 70.9 Å². The highest BCUT2D eigenvalue weighted by Gasteiger charge is 2.11. The fraction of sp³-hybridized carbons (Fsp3) is 0.571. The maximum absolute atomic E-state index is 11.8. The van der Waals surface area contributed by atoms with Crippen LogP contribution in [0.5, 0.6) is 0 Å². The van der Waals surface area contributed by atoms with E-state index in [9.17, 15) is 9.59 Å². The van der Waals surface area contributed by atoms with Crippen molar-refractivity contribution >= 4 is 11.8 Å². The summed E-state index contributed by atoms with van der Waals surface area (Å²) < 4.78 is 9.73. The van der Waals surface area contributed by atoms with Crippen molar-refractivity contribution in [3.05, 3.63) is 23.8 Å². The molecule has 1 heterocycles. The fourth-order valence-corrected chi connectivity index (χ4v) is 1.53. The SMILES string of the molecule is CC(O)OCCNC(=O)c1cnc(C(=O)NCCOC(C)O)cn1. The minimum absolute atomic E-state index is 0.0565. The number of nitrogens with one attached hydrogen (secondary N) is 2. The lowest BCUT2D eigenvalue weighted by Crippen LogP contribution is -2.30. The first-order valence-electron chi connectivity index (χ1n) is 7.38. The Balaban J connectivity index is 2.38. The first kappa shape index (κ1) is 19.9. The molecule has 0 radical (unpaired) electrons. The maximum atomic E-state index is 11.8. The van der Waals surface area contributed by atoms with Crippen molar-refractivity contribution in [2.45, 2.75) is 26.4 Å². The molecule has 1 aromatic heterocycles. The van der Waals surface area contributed by atoms with Crippen molar-refractivity contribution < 1.29 is 29.3 Å². The van der Waals surface area contributed by atoms with Crippen molar-refractivity contribution in [2.75, 3.05) is 26.3 Å². The fourth-order valence-electron chi connectivity index (χ4n) is 1.53. The molecule has 24 heavy (non-hydrogen) atoms. The summed E-state index contributed by atoms with van der Waals surface area (Å²) in [6.45, 7) is 3.66. The van der Waals surface area contributed by atoms with Crippen molar-refractivity contribution in [3.63, 3.8) is 0 Å². The molecule has 0 saturated heterocycles. The molecule has 0 saturated carbocycles. The van der Waals surface area contributed by atoms with Crippen LogP contribution in [0.2, 0.25) is 0 Å². The molecule has 0 aliphatic carbocycles. The first-order valence-corrected chi connectivity index (χ1v) is 7.38. The molecular weight excluding hydrogens is 320 g/mol. The predicted octanol–water partition coefficient (Wildman–Crippen LogP) is -1.35.